The van der Waals surface area contributed by atoms with Gasteiger partial charge in [-0.1, -0.05) is 31.2 Å². The van der Waals surface area contributed by atoms with Crippen molar-refractivity contribution in [2.75, 3.05) is 18.4 Å². The van der Waals surface area contributed by atoms with Crippen molar-refractivity contribution in [2.45, 2.75) is 26.3 Å². The van der Waals surface area contributed by atoms with Crippen LogP contribution in [0.1, 0.15) is 46.0 Å². The minimum atomic E-state index is -0.563. The molecule has 0 bridgehead atoms. The van der Waals surface area contributed by atoms with Crippen LogP contribution in [0.15, 0.2) is 48.5 Å². The topological polar surface area (TPSA) is 75.4 Å². The minimum absolute atomic E-state index is 0.253. The van der Waals surface area contributed by atoms with E-state index in [0.717, 1.165) is 25.6 Å². The van der Waals surface area contributed by atoms with Crippen LogP contribution in [0.5, 0.6) is 0 Å². The first-order chi connectivity index (χ1) is 12.5. The number of para-hydroxylation sites is 1. The van der Waals surface area contributed by atoms with Crippen LogP contribution in [0.4, 0.5) is 5.69 Å². The van der Waals surface area contributed by atoms with E-state index in [1.807, 2.05) is 24.3 Å². The molecule has 3 rings (SSSR count). The summed E-state index contributed by atoms with van der Waals surface area (Å²) < 4.78 is 0. The van der Waals surface area contributed by atoms with Gasteiger partial charge in [-0.2, -0.15) is 0 Å². The van der Waals surface area contributed by atoms with E-state index in [4.69, 9.17) is 5.73 Å². The van der Waals surface area contributed by atoms with Crippen LogP contribution in [-0.2, 0) is 6.54 Å². The number of nitrogens with zero attached hydrogens (tertiary/aromatic N) is 1. The first-order valence-electron chi connectivity index (χ1n) is 9.04. The van der Waals surface area contributed by atoms with E-state index in [0.29, 0.717) is 16.8 Å². The highest BCUT2D eigenvalue weighted by atomic mass is 16.2. The Morgan fingerprint density at radius 1 is 1.08 bits per heavy atom. The molecule has 0 saturated carbocycles. The number of likely N-dealkylation sites (tertiary alicyclic amines) is 1. The molecule has 1 aliphatic rings. The van der Waals surface area contributed by atoms with Gasteiger partial charge in [0.15, 0.2) is 0 Å². The van der Waals surface area contributed by atoms with Crippen LogP contribution in [0.2, 0.25) is 0 Å². The zero-order chi connectivity index (χ0) is 18.5. The van der Waals surface area contributed by atoms with Crippen LogP contribution >= 0.6 is 0 Å². The number of nitrogens with two attached hydrogens (primary N) is 1. The average Bonchev–Trinajstić information content (AvgIpc) is 2.64. The van der Waals surface area contributed by atoms with Crippen LogP contribution in [0.3, 0.4) is 0 Å². The Bertz CT molecular complexity index is 778. The molecule has 1 heterocycles. The summed E-state index contributed by atoms with van der Waals surface area (Å²) in [5.41, 5.74) is 7.84. The number of carbonyl (C=O) groups excluding carboxylic acids is 2. The van der Waals surface area contributed by atoms with Crippen molar-refractivity contribution in [3.8, 4) is 0 Å². The van der Waals surface area contributed by atoms with E-state index in [1.165, 1.54) is 18.4 Å². The molecule has 5 nitrogen and oxygen atoms in total. The third kappa shape index (κ3) is 4.49. The Morgan fingerprint density at radius 2 is 1.73 bits per heavy atom. The molecule has 0 unspecified atom stereocenters. The Balaban J connectivity index is 1.63. The summed E-state index contributed by atoms with van der Waals surface area (Å²) in [5.74, 6) is 0.00440. The SMILES string of the molecule is CC1CCN(Cc2ccc(C(=O)Nc3ccccc3C(N)=O)cc2)CC1. The number of amides is 2. The number of piperidine rings is 1. The molecular weight excluding hydrogens is 326 g/mol. The highest BCUT2D eigenvalue weighted by Gasteiger charge is 2.16. The van der Waals surface area contributed by atoms with Crippen LogP contribution < -0.4 is 11.1 Å². The van der Waals surface area contributed by atoms with Crippen molar-refractivity contribution < 1.29 is 9.59 Å². The van der Waals surface area contributed by atoms with E-state index in [-0.39, 0.29) is 5.91 Å². The highest BCUT2D eigenvalue weighted by molar-refractivity contribution is 6.08. The number of hydrogen-bond acceptors (Lipinski definition) is 3. The largest absolute Gasteiger partial charge is 0.366 e. The van der Waals surface area contributed by atoms with E-state index in [9.17, 15) is 9.59 Å². The summed E-state index contributed by atoms with van der Waals surface area (Å²) in [7, 11) is 0. The lowest BCUT2D eigenvalue weighted by atomic mass is 9.99. The van der Waals surface area contributed by atoms with Gasteiger partial charge in [-0.05, 0) is 61.7 Å². The fraction of sp³-hybridized carbons (Fsp3) is 0.333. The van der Waals surface area contributed by atoms with Crippen molar-refractivity contribution in [1.82, 2.24) is 4.90 Å². The molecule has 2 aromatic carbocycles. The summed E-state index contributed by atoms with van der Waals surface area (Å²) in [6.45, 7) is 5.49. The van der Waals surface area contributed by atoms with Gasteiger partial charge in [0, 0.05) is 12.1 Å². The molecule has 5 heteroatoms. The second kappa shape index (κ2) is 8.15. The lowest BCUT2D eigenvalue weighted by Crippen LogP contribution is -2.32. The summed E-state index contributed by atoms with van der Waals surface area (Å²) >= 11 is 0. The second-order valence-electron chi connectivity index (χ2n) is 7.02. The van der Waals surface area contributed by atoms with Gasteiger partial charge < -0.3 is 11.1 Å². The molecule has 0 radical (unpaired) electrons. The van der Waals surface area contributed by atoms with E-state index >= 15 is 0 Å². The van der Waals surface area contributed by atoms with Crippen molar-refractivity contribution in [2.24, 2.45) is 11.7 Å². The minimum Gasteiger partial charge on any atom is -0.366 e. The fourth-order valence-corrected chi connectivity index (χ4v) is 3.24. The smallest absolute Gasteiger partial charge is 0.255 e. The molecule has 0 atom stereocenters. The predicted octanol–water partition coefficient (Wildman–Crippen LogP) is 3.27. The normalized spacial score (nSPS) is 15.6. The number of nitrogens with one attached hydrogen (secondary N) is 1. The van der Waals surface area contributed by atoms with Crippen molar-refractivity contribution in [3.05, 3.63) is 65.2 Å². The van der Waals surface area contributed by atoms with Gasteiger partial charge in [-0.25, -0.2) is 0 Å². The van der Waals surface area contributed by atoms with E-state index < -0.39 is 5.91 Å². The predicted molar refractivity (Wildman–Crippen MR) is 103 cm³/mol. The molecular formula is C21H25N3O2. The van der Waals surface area contributed by atoms with Gasteiger partial charge in [0.25, 0.3) is 11.8 Å². The molecule has 2 aromatic rings. The van der Waals surface area contributed by atoms with E-state index in [2.05, 4.69) is 17.1 Å². The van der Waals surface area contributed by atoms with Crippen molar-refractivity contribution in [3.63, 3.8) is 0 Å². The monoisotopic (exact) mass is 351 g/mol. The maximum Gasteiger partial charge on any atom is 0.255 e. The summed E-state index contributed by atoms with van der Waals surface area (Å²) in [6.07, 6.45) is 2.50. The molecule has 3 N–H and O–H groups in total. The quantitative estimate of drug-likeness (QED) is 0.868. The lowest BCUT2D eigenvalue weighted by Gasteiger charge is -2.30. The number of anilines is 1. The van der Waals surface area contributed by atoms with Gasteiger partial charge in [0.05, 0.1) is 11.3 Å². The Kier molecular flexibility index (Phi) is 5.68. The Labute approximate surface area is 154 Å². The Morgan fingerprint density at radius 3 is 2.38 bits per heavy atom. The summed E-state index contributed by atoms with van der Waals surface area (Å²) in [5, 5.41) is 2.76. The summed E-state index contributed by atoms with van der Waals surface area (Å²) in [6, 6.07) is 14.4. The third-order valence-corrected chi connectivity index (χ3v) is 4.94. The van der Waals surface area contributed by atoms with Gasteiger partial charge in [-0.15, -0.1) is 0 Å². The average molecular weight is 351 g/mol. The molecule has 2 amide bonds. The molecule has 0 aromatic heterocycles. The van der Waals surface area contributed by atoms with Crippen LogP contribution in [0, 0.1) is 5.92 Å². The van der Waals surface area contributed by atoms with Crippen molar-refractivity contribution in [1.29, 1.82) is 0 Å². The first-order valence-corrected chi connectivity index (χ1v) is 9.04. The molecule has 1 saturated heterocycles. The van der Waals surface area contributed by atoms with Gasteiger partial charge in [0.1, 0.15) is 0 Å². The third-order valence-electron chi connectivity index (χ3n) is 4.94. The summed E-state index contributed by atoms with van der Waals surface area (Å²) in [4.78, 5) is 26.4. The number of primary amides is 1. The standard InChI is InChI=1S/C21H25N3O2/c1-15-10-12-24(13-11-15)14-16-6-8-17(9-7-16)21(26)23-19-5-3-2-4-18(19)20(22)25/h2-9,15H,10-14H2,1H3,(H2,22,25)(H,23,26). The van der Waals surface area contributed by atoms with E-state index in [1.54, 1.807) is 24.3 Å². The van der Waals surface area contributed by atoms with Gasteiger partial charge >= 0.3 is 0 Å². The molecule has 0 aliphatic carbocycles. The molecule has 1 aliphatic heterocycles. The Hall–Kier alpha value is -2.66. The van der Waals surface area contributed by atoms with Crippen LogP contribution in [0.25, 0.3) is 0 Å². The highest BCUT2D eigenvalue weighted by Crippen LogP contribution is 2.19. The first kappa shape index (κ1) is 18.1. The fourth-order valence-electron chi connectivity index (χ4n) is 3.24. The zero-order valence-corrected chi connectivity index (χ0v) is 15.1. The maximum absolute atomic E-state index is 12.5. The second-order valence-corrected chi connectivity index (χ2v) is 7.02. The number of hydrogen-bond donors (Lipinski definition) is 2. The molecule has 0 spiro atoms. The van der Waals surface area contributed by atoms with Crippen LogP contribution in [-0.4, -0.2) is 29.8 Å². The molecule has 1 fully saturated rings. The van der Waals surface area contributed by atoms with Gasteiger partial charge in [0.2, 0.25) is 0 Å². The number of carbonyl (C=O) groups is 2. The lowest BCUT2D eigenvalue weighted by molar-refractivity contribution is 0.100. The number of benzene rings is 2. The van der Waals surface area contributed by atoms with Gasteiger partial charge in [-0.3, -0.25) is 14.5 Å². The zero-order valence-electron chi connectivity index (χ0n) is 15.1. The maximum atomic E-state index is 12.5. The van der Waals surface area contributed by atoms with Crippen molar-refractivity contribution >= 4 is 17.5 Å². The molecule has 136 valence electrons. The molecule has 26 heavy (non-hydrogen) atoms. The number of rotatable bonds is 5.